The van der Waals surface area contributed by atoms with Crippen molar-refractivity contribution < 1.29 is 22.7 Å². The van der Waals surface area contributed by atoms with Gasteiger partial charge in [-0.25, -0.2) is 4.39 Å². The van der Waals surface area contributed by atoms with E-state index in [-0.39, 0.29) is 37.1 Å². The molecule has 0 radical (unpaired) electrons. The molecule has 1 aromatic rings. The predicted molar refractivity (Wildman–Crippen MR) is 68.0 cm³/mol. The van der Waals surface area contributed by atoms with Crippen molar-refractivity contribution in [1.82, 2.24) is 10.3 Å². The first-order valence-electron chi connectivity index (χ1n) is 5.62. The smallest absolute Gasteiger partial charge is 0.388 e. The molecule has 2 rings (SSSR count). The van der Waals surface area contributed by atoms with Crippen LogP contribution in [0, 0.1) is 0 Å². The summed E-state index contributed by atoms with van der Waals surface area (Å²) in [7, 11) is 0. The predicted octanol–water partition coefficient (Wildman–Crippen LogP) is 1.73. The molecule has 5 nitrogen and oxygen atoms in total. The van der Waals surface area contributed by atoms with Crippen molar-refractivity contribution in [2.45, 2.75) is 25.4 Å². The lowest BCUT2D eigenvalue weighted by atomic mass is 10.3. The number of nitrogens with one attached hydrogen (secondary N) is 1. The fourth-order valence-electron chi connectivity index (χ4n) is 2.00. The van der Waals surface area contributed by atoms with Crippen LogP contribution in [0.3, 0.4) is 0 Å². The van der Waals surface area contributed by atoms with E-state index in [1.807, 2.05) is 0 Å². The Kier molecular flexibility index (Phi) is 5.87. The molecule has 1 aliphatic rings. The molecule has 0 spiro atoms. The summed E-state index contributed by atoms with van der Waals surface area (Å²) < 4.78 is 41.7. The van der Waals surface area contributed by atoms with E-state index in [2.05, 4.69) is 15.0 Å². The van der Waals surface area contributed by atoms with Crippen LogP contribution in [0.2, 0.25) is 0 Å². The summed E-state index contributed by atoms with van der Waals surface area (Å²) >= 11 is 0. The number of aromatic nitrogens is 1. The van der Waals surface area contributed by atoms with Crippen molar-refractivity contribution in [3.63, 3.8) is 0 Å². The third-order valence-corrected chi connectivity index (χ3v) is 2.72. The first kappa shape index (κ1) is 16.4. The second-order valence-corrected chi connectivity index (χ2v) is 4.00. The van der Waals surface area contributed by atoms with Gasteiger partial charge in [0, 0.05) is 12.5 Å². The zero-order valence-corrected chi connectivity index (χ0v) is 11.0. The second-order valence-electron chi connectivity index (χ2n) is 4.00. The van der Waals surface area contributed by atoms with Crippen molar-refractivity contribution in [2.24, 2.45) is 0 Å². The molecule has 1 N–H and O–H groups in total. The maximum absolute atomic E-state index is 13.4. The largest absolute Gasteiger partial charge is 0.417 e. The summed E-state index contributed by atoms with van der Waals surface area (Å²) in [5, 5.41) is 2.46. The topological polar surface area (TPSA) is 54.5 Å². The van der Waals surface area contributed by atoms with Gasteiger partial charge >= 0.3 is 6.61 Å². The van der Waals surface area contributed by atoms with E-state index in [0.717, 1.165) is 0 Å². The van der Waals surface area contributed by atoms with Gasteiger partial charge in [0.15, 0.2) is 0 Å². The van der Waals surface area contributed by atoms with E-state index >= 15 is 0 Å². The number of anilines is 1. The molecule has 1 aliphatic heterocycles. The fourth-order valence-corrected chi connectivity index (χ4v) is 2.00. The van der Waals surface area contributed by atoms with Crippen molar-refractivity contribution in [1.29, 1.82) is 0 Å². The van der Waals surface area contributed by atoms with E-state index in [1.165, 1.54) is 23.1 Å². The van der Waals surface area contributed by atoms with Crippen molar-refractivity contribution in [2.75, 3.05) is 11.4 Å². The van der Waals surface area contributed by atoms with E-state index in [4.69, 9.17) is 0 Å². The summed E-state index contributed by atoms with van der Waals surface area (Å²) in [6.45, 7) is -2.93. The second kappa shape index (κ2) is 7.18. The van der Waals surface area contributed by atoms with Crippen LogP contribution in [0.4, 0.5) is 19.0 Å². The van der Waals surface area contributed by atoms with E-state index in [0.29, 0.717) is 6.41 Å². The Morgan fingerprint density at radius 3 is 2.90 bits per heavy atom. The molecule has 0 aromatic carbocycles. The third kappa shape index (κ3) is 3.89. The van der Waals surface area contributed by atoms with Crippen LogP contribution < -0.4 is 15.0 Å². The lowest BCUT2D eigenvalue weighted by Crippen LogP contribution is -2.41. The molecule has 2 heterocycles. The average molecular weight is 312 g/mol. The fraction of sp³-hybridized carbons (Fsp3) is 0.455. The van der Waals surface area contributed by atoms with E-state index in [9.17, 15) is 18.0 Å². The number of ether oxygens (including phenoxy) is 1. The summed E-state index contributed by atoms with van der Waals surface area (Å²) in [6, 6.07) is 4.29. The minimum atomic E-state index is -2.97. The minimum Gasteiger partial charge on any atom is -0.417 e. The number of halogens is 4. The van der Waals surface area contributed by atoms with Gasteiger partial charge in [-0.2, -0.15) is 13.8 Å². The van der Waals surface area contributed by atoms with Crippen LogP contribution in [0.25, 0.3) is 0 Å². The van der Waals surface area contributed by atoms with Crippen molar-refractivity contribution in [3.8, 4) is 5.88 Å². The molecule has 0 unspecified atom stereocenters. The van der Waals surface area contributed by atoms with E-state index in [1.54, 1.807) is 0 Å². The van der Waals surface area contributed by atoms with Gasteiger partial charge in [-0.3, -0.25) is 4.79 Å². The molecular formula is C11H13ClF3N3O2. The maximum Gasteiger partial charge on any atom is 0.388 e. The molecule has 2 atom stereocenters. The number of alkyl halides is 3. The Labute approximate surface area is 119 Å². The first-order chi connectivity index (χ1) is 9.10. The molecule has 0 saturated carbocycles. The summed E-state index contributed by atoms with van der Waals surface area (Å²) in [5.41, 5.74) is 0. The number of hydrogen-bond donors (Lipinski definition) is 1. The highest BCUT2D eigenvalue weighted by molar-refractivity contribution is 5.85. The molecule has 1 fully saturated rings. The quantitative estimate of drug-likeness (QED) is 0.841. The van der Waals surface area contributed by atoms with Gasteiger partial charge in [0.25, 0.3) is 0 Å². The number of amides is 1. The number of nitrogens with zero attached hydrogens (tertiary/aromatic N) is 2. The van der Waals surface area contributed by atoms with Gasteiger partial charge in [0.1, 0.15) is 18.2 Å². The maximum atomic E-state index is 13.4. The average Bonchev–Trinajstić information content (AvgIpc) is 2.70. The van der Waals surface area contributed by atoms with Gasteiger partial charge in [0.2, 0.25) is 12.3 Å². The summed E-state index contributed by atoms with van der Waals surface area (Å²) in [5.74, 6) is 0.0253. The molecule has 20 heavy (non-hydrogen) atoms. The number of pyridine rings is 1. The highest BCUT2D eigenvalue weighted by atomic mass is 35.5. The Hall–Kier alpha value is -1.70. The van der Waals surface area contributed by atoms with Crippen molar-refractivity contribution in [3.05, 3.63) is 18.2 Å². The number of carbonyl (C=O) groups is 1. The first-order valence-corrected chi connectivity index (χ1v) is 5.62. The monoisotopic (exact) mass is 311 g/mol. The molecule has 1 amide bonds. The summed E-state index contributed by atoms with van der Waals surface area (Å²) in [4.78, 5) is 15.8. The van der Waals surface area contributed by atoms with Crippen LogP contribution in [0.1, 0.15) is 6.42 Å². The number of carbonyl (C=O) groups excluding carboxylic acids is 1. The van der Waals surface area contributed by atoms with Crippen LogP contribution in [-0.2, 0) is 4.79 Å². The highest BCUT2D eigenvalue weighted by Crippen LogP contribution is 2.26. The lowest BCUT2D eigenvalue weighted by Gasteiger charge is -2.24. The Morgan fingerprint density at radius 2 is 2.25 bits per heavy atom. The molecular weight excluding hydrogens is 299 g/mol. The van der Waals surface area contributed by atoms with Crippen LogP contribution in [-0.4, -0.2) is 36.9 Å². The molecule has 1 saturated heterocycles. The SMILES string of the molecule is Cl.O=CN[C@@H]1C[C@@H](F)CN1c1cccc(OC(F)F)n1. The van der Waals surface area contributed by atoms with Gasteiger partial charge in [0.05, 0.1) is 6.54 Å². The number of hydrogen-bond acceptors (Lipinski definition) is 4. The summed E-state index contributed by atoms with van der Waals surface area (Å²) in [6.07, 6.45) is -1.06. The van der Waals surface area contributed by atoms with Gasteiger partial charge in [-0.05, 0) is 6.07 Å². The minimum absolute atomic E-state index is 0. The standard InChI is InChI=1S/C11H12F3N3O2.ClH/c12-7-4-9(15-6-18)17(5-7)8-2-1-3-10(16-8)19-11(13)14;/h1-3,6-7,9,11H,4-5H2,(H,15,18);1H/t7-,9+;/m1./s1. The van der Waals surface area contributed by atoms with E-state index < -0.39 is 18.9 Å². The van der Waals surface area contributed by atoms with Crippen LogP contribution >= 0.6 is 12.4 Å². The normalized spacial score (nSPS) is 21.5. The van der Waals surface area contributed by atoms with Crippen LogP contribution in [0.15, 0.2) is 18.2 Å². The Morgan fingerprint density at radius 1 is 1.50 bits per heavy atom. The van der Waals surface area contributed by atoms with Crippen molar-refractivity contribution >= 4 is 24.6 Å². The van der Waals surface area contributed by atoms with Crippen LogP contribution in [0.5, 0.6) is 5.88 Å². The molecule has 1 aromatic heterocycles. The zero-order valence-electron chi connectivity index (χ0n) is 10.2. The molecule has 112 valence electrons. The Bertz CT molecular complexity index is 453. The highest BCUT2D eigenvalue weighted by Gasteiger charge is 2.32. The molecule has 0 bridgehead atoms. The third-order valence-electron chi connectivity index (χ3n) is 2.72. The van der Waals surface area contributed by atoms with Gasteiger partial charge in [-0.15, -0.1) is 12.4 Å². The lowest BCUT2D eigenvalue weighted by molar-refractivity contribution is -0.110. The number of rotatable bonds is 5. The zero-order chi connectivity index (χ0) is 13.8. The Balaban J connectivity index is 0.00000200. The molecule has 9 heteroatoms. The van der Waals surface area contributed by atoms with Gasteiger partial charge in [-0.1, -0.05) is 6.07 Å². The van der Waals surface area contributed by atoms with Gasteiger partial charge < -0.3 is 15.0 Å². The molecule has 0 aliphatic carbocycles.